The molecule has 0 fully saturated rings. The highest BCUT2D eigenvalue weighted by atomic mass is 35.5. The Kier molecular flexibility index (Phi) is 7.22. The third-order valence-electron chi connectivity index (χ3n) is 1.43. The van der Waals surface area contributed by atoms with E-state index in [-0.39, 0.29) is 5.88 Å². The van der Waals surface area contributed by atoms with E-state index in [2.05, 4.69) is 4.18 Å². The van der Waals surface area contributed by atoms with Crippen LogP contribution in [-0.4, -0.2) is 62.0 Å². The molecule has 17 heavy (non-hydrogen) atoms. The van der Waals surface area contributed by atoms with Crippen LogP contribution in [0.4, 0.5) is 0 Å². The van der Waals surface area contributed by atoms with E-state index in [0.29, 0.717) is 0 Å². The summed E-state index contributed by atoms with van der Waals surface area (Å²) < 4.78 is 56.5. The van der Waals surface area contributed by atoms with Gasteiger partial charge in [0.25, 0.3) is 20.2 Å². The molecule has 7 nitrogen and oxygen atoms in total. The largest absolute Gasteiger partial charge is 0.391 e. The lowest BCUT2D eigenvalue weighted by Crippen LogP contribution is -2.32. The summed E-state index contributed by atoms with van der Waals surface area (Å²) in [5.74, 6) is -2.50. The van der Waals surface area contributed by atoms with E-state index in [1.165, 1.54) is 0 Å². The second-order valence-electron chi connectivity index (χ2n) is 3.15. The highest BCUT2D eigenvalue weighted by molar-refractivity contribution is 7.87. The van der Waals surface area contributed by atoms with Crippen molar-refractivity contribution in [3.8, 4) is 0 Å². The van der Waals surface area contributed by atoms with Gasteiger partial charge in [-0.25, -0.2) is 0 Å². The molecule has 0 saturated carbocycles. The van der Waals surface area contributed by atoms with E-state index >= 15 is 0 Å². The molecule has 0 radical (unpaired) electrons. The number of rotatable bonds is 8. The minimum atomic E-state index is -4.40. The van der Waals surface area contributed by atoms with E-state index in [1.54, 1.807) is 0 Å². The molecule has 0 saturated heterocycles. The molecule has 2 N–H and O–H groups in total. The number of hydrogen-bond acceptors (Lipinski definition) is 6. The SMILES string of the molecule is O=S(=O)(O)CC(CCl)OS(=O)(=O)CC(O)CCl. The van der Waals surface area contributed by atoms with Crippen molar-refractivity contribution in [2.75, 3.05) is 23.3 Å². The van der Waals surface area contributed by atoms with E-state index in [1.807, 2.05) is 0 Å². The second-order valence-corrected chi connectivity index (χ2v) is 6.91. The molecule has 2 atom stereocenters. The van der Waals surface area contributed by atoms with Crippen LogP contribution in [0.3, 0.4) is 0 Å². The van der Waals surface area contributed by atoms with E-state index in [0.717, 1.165) is 0 Å². The third kappa shape index (κ3) is 9.00. The number of aliphatic hydroxyl groups is 1. The van der Waals surface area contributed by atoms with Crippen molar-refractivity contribution < 1.29 is 30.7 Å². The molecular weight excluding hydrogens is 319 g/mol. The molecule has 0 aromatic carbocycles. The number of aliphatic hydroxyl groups excluding tert-OH is 1. The first-order valence-electron chi connectivity index (χ1n) is 4.25. The van der Waals surface area contributed by atoms with Gasteiger partial charge in [-0.15, -0.1) is 23.2 Å². The monoisotopic (exact) mass is 330 g/mol. The van der Waals surface area contributed by atoms with Crippen molar-refractivity contribution in [2.24, 2.45) is 0 Å². The Morgan fingerprint density at radius 3 is 1.94 bits per heavy atom. The summed E-state index contributed by atoms with van der Waals surface area (Å²) >= 11 is 10.5. The van der Waals surface area contributed by atoms with Crippen LogP contribution in [0.25, 0.3) is 0 Å². The van der Waals surface area contributed by atoms with Crippen molar-refractivity contribution >= 4 is 43.4 Å². The van der Waals surface area contributed by atoms with Crippen LogP contribution in [0.5, 0.6) is 0 Å². The predicted octanol–water partition coefficient (Wildman–Crippen LogP) is -0.572. The van der Waals surface area contributed by atoms with Crippen molar-refractivity contribution in [1.29, 1.82) is 0 Å². The molecule has 0 aliphatic carbocycles. The van der Waals surface area contributed by atoms with Crippen LogP contribution in [-0.2, 0) is 24.4 Å². The lowest BCUT2D eigenvalue weighted by molar-refractivity contribution is 0.205. The van der Waals surface area contributed by atoms with Crippen LogP contribution in [0.15, 0.2) is 0 Å². The topological polar surface area (TPSA) is 118 Å². The minimum Gasteiger partial charge on any atom is -0.391 e. The summed E-state index contributed by atoms with van der Waals surface area (Å²) in [5, 5.41) is 9.02. The smallest absolute Gasteiger partial charge is 0.270 e. The molecule has 0 bridgehead atoms. The number of hydrogen-bond donors (Lipinski definition) is 2. The molecule has 2 unspecified atom stereocenters. The fraction of sp³-hybridized carbons (Fsp3) is 1.00. The fourth-order valence-electron chi connectivity index (χ4n) is 0.860. The predicted molar refractivity (Wildman–Crippen MR) is 62.5 cm³/mol. The van der Waals surface area contributed by atoms with Crippen LogP contribution in [0.1, 0.15) is 0 Å². The quantitative estimate of drug-likeness (QED) is 0.347. The summed E-state index contributed by atoms with van der Waals surface area (Å²) in [6.45, 7) is 0. The lowest BCUT2D eigenvalue weighted by atomic mass is 10.5. The summed E-state index contributed by atoms with van der Waals surface area (Å²) in [7, 11) is -8.58. The molecule has 0 amide bonds. The Morgan fingerprint density at radius 2 is 1.59 bits per heavy atom. The van der Waals surface area contributed by atoms with Gasteiger partial charge in [-0.1, -0.05) is 0 Å². The maximum absolute atomic E-state index is 11.3. The standard InChI is InChI=1S/C6H12Cl2O7S2/c7-1-5(9)3-17(13,14)15-6(2-8)4-16(10,11)12/h5-6,9H,1-4H2,(H,10,11,12). The highest BCUT2D eigenvalue weighted by Crippen LogP contribution is 2.07. The Bertz CT molecular complexity index is 418. The van der Waals surface area contributed by atoms with Gasteiger partial charge < -0.3 is 5.11 Å². The Balaban J connectivity index is 4.57. The first-order chi connectivity index (χ1) is 7.59. The van der Waals surface area contributed by atoms with Gasteiger partial charge in [-0.05, 0) is 0 Å². The number of halogens is 2. The Morgan fingerprint density at radius 1 is 1.06 bits per heavy atom. The Labute approximate surface area is 110 Å². The zero-order valence-electron chi connectivity index (χ0n) is 8.49. The molecular formula is C6H12Cl2O7S2. The average Bonchev–Trinajstić information content (AvgIpc) is 2.13. The van der Waals surface area contributed by atoms with Crippen LogP contribution < -0.4 is 0 Å². The molecule has 0 heterocycles. The Hall–Kier alpha value is 0.360. The first kappa shape index (κ1) is 17.4. The van der Waals surface area contributed by atoms with E-state index in [9.17, 15) is 16.8 Å². The molecule has 0 aromatic heterocycles. The van der Waals surface area contributed by atoms with Gasteiger partial charge >= 0.3 is 0 Å². The average molecular weight is 331 g/mol. The molecule has 104 valence electrons. The van der Waals surface area contributed by atoms with Gasteiger partial charge in [0, 0.05) is 5.88 Å². The van der Waals surface area contributed by atoms with Gasteiger partial charge in [0.15, 0.2) is 0 Å². The van der Waals surface area contributed by atoms with Gasteiger partial charge in [0.2, 0.25) is 0 Å². The summed E-state index contributed by atoms with van der Waals surface area (Å²) in [4.78, 5) is 0. The highest BCUT2D eigenvalue weighted by Gasteiger charge is 2.25. The molecule has 0 aliphatic rings. The lowest BCUT2D eigenvalue weighted by Gasteiger charge is -2.14. The van der Waals surface area contributed by atoms with Crippen molar-refractivity contribution in [1.82, 2.24) is 0 Å². The normalized spacial score (nSPS) is 16.7. The zero-order valence-corrected chi connectivity index (χ0v) is 11.6. The summed E-state index contributed by atoms with van der Waals surface area (Å²) in [6.07, 6.45) is -2.75. The molecule has 0 aromatic rings. The maximum Gasteiger partial charge on any atom is 0.270 e. The van der Waals surface area contributed by atoms with Crippen molar-refractivity contribution in [3.05, 3.63) is 0 Å². The third-order valence-corrected chi connectivity index (χ3v) is 4.28. The van der Waals surface area contributed by atoms with Gasteiger partial charge in [-0.2, -0.15) is 16.8 Å². The summed E-state index contributed by atoms with van der Waals surface area (Å²) in [5.41, 5.74) is 0. The van der Waals surface area contributed by atoms with Crippen LogP contribution >= 0.6 is 23.2 Å². The maximum atomic E-state index is 11.3. The second kappa shape index (κ2) is 7.07. The first-order valence-corrected chi connectivity index (χ1v) is 8.51. The van der Waals surface area contributed by atoms with Gasteiger partial charge in [-0.3, -0.25) is 8.74 Å². The fourth-order valence-corrected chi connectivity index (χ4v) is 3.43. The molecule has 0 rings (SSSR count). The molecule has 0 aliphatic heterocycles. The minimum absolute atomic E-state index is 0.313. The van der Waals surface area contributed by atoms with Gasteiger partial charge in [0.1, 0.15) is 17.6 Å². The van der Waals surface area contributed by atoms with Crippen molar-refractivity contribution in [3.63, 3.8) is 0 Å². The van der Waals surface area contributed by atoms with E-state index in [4.69, 9.17) is 32.9 Å². The van der Waals surface area contributed by atoms with Crippen LogP contribution in [0, 0.1) is 0 Å². The molecule has 11 heteroatoms. The molecule has 0 spiro atoms. The van der Waals surface area contributed by atoms with Crippen LogP contribution in [0.2, 0.25) is 0 Å². The van der Waals surface area contributed by atoms with Gasteiger partial charge in [0.05, 0.1) is 12.0 Å². The van der Waals surface area contributed by atoms with Crippen molar-refractivity contribution in [2.45, 2.75) is 12.2 Å². The summed E-state index contributed by atoms with van der Waals surface area (Å²) in [6, 6.07) is 0. The van der Waals surface area contributed by atoms with E-state index < -0.39 is 49.8 Å². The number of alkyl halides is 2. The zero-order chi connectivity index (χ0) is 13.7.